The lowest BCUT2D eigenvalue weighted by molar-refractivity contribution is 0.694. The van der Waals surface area contributed by atoms with Gasteiger partial charge in [-0.3, -0.25) is 0 Å². The van der Waals surface area contributed by atoms with E-state index in [1.807, 2.05) is 0 Å². The molecular formula is C19H25N3. The lowest BCUT2D eigenvalue weighted by Crippen LogP contribution is -2.30. The predicted octanol–water partition coefficient (Wildman–Crippen LogP) is 4.12. The molecule has 3 heteroatoms. The van der Waals surface area contributed by atoms with Gasteiger partial charge in [-0.05, 0) is 36.2 Å². The van der Waals surface area contributed by atoms with Crippen LogP contribution in [-0.2, 0) is 0 Å². The molecule has 1 aliphatic heterocycles. The molecule has 22 heavy (non-hydrogen) atoms. The summed E-state index contributed by atoms with van der Waals surface area (Å²) in [5.41, 5.74) is 5.20. The van der Waals surface area contributed by atoms with Crippen LogP contribution in [0.2, 0.25) is 0 Å². The fourth-order valence-electron chi connectivity index (χ4n) is 3.40. The van der Waals surface area contributed by atoms with Crippen molar-refractivity contribution < 1.29 is 0 Å². The Morgan fingerprint density at radius 2 is 1.45 bits per heavy atom. The lowest BCUT2D eigenvalue weighted by atomic mass is 10.1. The Bertz CT molecular complexity index is 606. The molecule has 3 nitrogen and oxygen atoms in total. The molecule has 0 spiro atoms. The van der Waals surface area contributed by atoms with E-state index < -0.39 is 0 Å². The van der Waals surface area contributed by atoms with Crippen molar-refractivity contribution in [1.82, 2.24) is 0 Å². The van der Waals surface area contributed by atoms with Crippen LogP contribution in [0.1, 0.15) is 25.1 Å². The van der Waals surface area contributed by atoms with Crippen LogP contribution in [0.25, 0.3) is 0 Å². The molecule has 2 aromatic rings. The van der Waals surface area contributed by atoms with Crippen molar-refractivity contribution in [2.45, 2.75) is 19.5 Å². The Hall–Kier alpha value is -2.16. The third-order valence-corrected chi connectivity index (χ3v) is 4.57. The highest BCUT2D eigenvalue weighted by atomic mass is 15.4. The van der Waals surface area contributed by atoms with Crippen molar-refractivity contribution in [1.29, 1.82) is 0 Å². The monoisotopic (exact) mass is 295 g/mol. The smallest absolute Gasteiger partial charge is 0.128 e. The molecule has 0 saturated heterocycles. The van der Waals surface area contributed by atoms with E-state index >= 15 is 0 Å². The maximum Gasteiger partial charge on any atom is 0.128 e. The summed E-state index contributed by atoms with van der Waals surface area (Å²) in [5, 5.41) is 0. The van der Waals surface area contributed by atoms with Crippen LogP contribution in [0.4, 0.5) is 17.1 Å². The Labute approximate surface area is 133 Å². The SMILES string of the molecule is CCCN(C)c1ccc(C2N(C)c3ccccc3N2C)cc1. The van der Waals surface area contributed by atoms with E-state index in [1.54, 1.807) is 0 Å². The second-order valence-electron chi connectivity index (χ2n) is 6.10. The summed E-state index contributed by atoms with van der Waals surface area (Å²) in [6.45, 7) is 3.30. The predicted molar refractivity (Wildman–Crippen MR) is 96.0 cm³/mol. The van der Waals surface area contributed by atoms with Crippen molar-refractivity contribution in [2.24, 2.45) is 0 Å². The van der Waals surface area contributed by atoms with Gasteiger partial charge in [0.1, 0.15) is 6.17 Å². The average Bonchev–Trinajstić information content (AvgIpc) is 2.80. The van der Waals surface area contributed by atoms with Gasteiger partial charge in [0.15, 0.2) is 0 Å². The molecule has 3 rings (SSSR count). The quantitative estimate of drug-likeness (QED) is 0.840. The Kier molecular flexibility index (Phi) is 3.97. The summed E-state index contributed by atoms with van der Waals surface area (Å²) >= 11 is 0. The number of hydrogen-bond donors (Lipinski definition) is 0. The molecule has 116 valence electrons. The molecule has 0 saturated carbocycles. The largest absolute Gasteiger partial charge is 0.375 e. The first-order valence-corrected chi connectivity index (χ1v) is 7.99. The van der Waals surface area contributed by atoms with Gasteiger partial charge in [0.05, 0.1) is 11.4 Å². The number of fused-ring (bicyclic) bond motifs is 1. The van der Waals surface area contributed by atoms with Gasteiger partial charge in [-0.15, -0.1) is 0 Å². The first-order valence-electron chi connectivity index (χ1n) is 7.99. The van der Waals surface area contributed by atoms with Crippen molar-refractivity contribution in [3.63, 3.8) is 0 Å². The van der Waals surface area contributed by atoms with Crippen molar-refractivity contribution in [3.05, 3.63) is 54.1 Å². The van der Waals surface area contributed by atoms with E-state index in [1.165, 1.54) is 29.0 Å². The minimum Gasteiger partial charge on any atom is -0.375 e. The zero-order chi connectivity index (χ0) is 15.7. The second-order valence-corrected chi connectivity index (χ2v) is 6.10. The first-order chi connectivity index (χ1) is 10.6. The van der Waals surface area contributed by atoms with Gasteiger partial charge < -0.3 is 14.7 Å². The summed E-state index contributed by atoms with van der Waals surface area (Å²) in [6.07, 6.45) is 1.43. The molecular weight excluding hydrogens is 270 g/mol. The molecule has 0 radical (unpaired) electrons. The molecule has 1 aliphatic rings. The minimum atomic E-state index is 0.267. The fourth-order valence-corrected chi connectivity index (χ4v) is 3.40. The van der Waals surface area contributed by atoms with Crippen molar-refractivity contribution >= 4 is 17.1 Å². The number of benzene rings is 2. The summed E-state index contributed by atoms with van der Waals surface area (Å²) in [7, 11) is 6.50. The van der Waals surface area contributed by atoms with Gasteiger partial charge in [-0.2, -0.15) is 0 Å². The lowest BCUT2D eigenvalue weighted by Gasteiger charge is -2.29. The normalized spacial score (nSPS) is 14.4. The number of para-hydroxylation sites is 2. The number of nitrogens with zero attached hydrogens (tertiary/aromatic N) is 3. The maximum atomic E-state index is 2.35. The fraction of sp³-hybridized carbons (Fsp3) is 0.368. The van der Waals surface area contributed by atoms with E-state index in [0.717, 1.165) is 6.54 Å². The Morgan fingerprint density at radius 3 is 1.95 bits per heavy atom. The van der Waals surface area contributed by atoms with Crippen LogP contribution in [-0.4, -0.2) is 27.7 Å². The third-order valence-electron chi connectivity index (χ3n) is 4.57. The molecule has 2 aromatic carbocycles. The van der Waals surface area contributed by atoms with Crippen molar-refractivity contribution in [2.75, 3.05) is 42.4 Å². The van der Waals surface area contributed by atoms with Crippen LogP contribution in [0.5, 0.6) is 0 Å². The van der Waals surface area contributed by atoms with Gasteiger partial charge >= 0.3 is 0 Å². The molecule has 0 unspecified atom stereocenters. The van der Waals surface area contributed by atoms with Gasteiger partial charge in [-0.25, -0.2) is 0 Å². The highest BCUT2D eigenvalue weighted by molar-refractivity contribution is 5.77. The number of rotatable bonds is 4. The molecule has 0 aromatic heterocycles. The Morgan fingerprint density at radius 1 is 0.909 bits per heavy atom. The van der Waals surface area contributed by atoms with E-state index in [-0.39, 0.29) is 6.17 Å². The summed E-state index contributed by atoms with van der Waals surface area (Å²) in [4.78, 5) is 7.00. The summed E-state index contributed by atoms with van der Waals surface area (Å²) in [6, 6.07) is 17.6. The topological polar surface area (TPSA) is 9.72 Å². The van der Waals surface area contributed by atoms with Gasteiger partial charge in [0, 0.05) is 33.4 Å². The average molecular weight is 295 g/mol. The zero-order valence-electron chi connectivity index (χ0n) is 14.0. The molecule has 0 aliphatic carbocycles. The molecule has 0 atom stereocenters. The number of hydrogen-bond acceptors (Lipinski definition) is 3. The van der Waals surface area contributed by atoms with E-state index in [0.29, 0.717) is 0 Å². The van der Waals surface area contributed by atoms with Crippen molar-refractivity contribution in [3.8, 4) is 0 Å². The second kappa shape index (κ2) is 5.91. The van der Waals surface area contributed by atoms with E-state index in [2.05, 4.69) is 91.3 Å². The molecule has 1 heterocycles. The molecule has 0 N–H and O–H groups in total. The highest BCUT2D eigenvalue weighted by Gasteiger charge is 2.31. The molecule has 0 fully saturated rings. The first kappa shape index (κ1) is 14.8. The van der Waals surface area contributed by atoms with Gasteiger partial charge in [0.2, 0.25) is 0 Å². The van der Waals surface area contributed by atoms with Crippen LogP contribution >= 0.6 is 0 Å². The molecule has 0 bridgehead atoms. The highest BCUT2D eigenvalue weighted by Crippen LogP contribution is 2.44. The molecule has 0 amide bonds. The van der Waals surface area contributed by atoms with Crippen LogP contribution < -0.4 is 14.7 Å². The summed E-state index contributed by atoms with van der Waals surface area (Å²) in [5.74, 6) is 0. The maximum absolute atomic E-state index is 2.35. The standard InChI is InChI=1S/C19H25N3/c1-5-14-20(2)16-12-10-15(11-13-16)19-21(3)17-8-6-7-9-18(17)22(19)4/h6-13,19H,5,14H2,1-4H3. The van der Waals surface area contributed by atoms with E-state index in [4.69, 9.17) is 0 Å². The zero-order valence-corrected chi connectivity index (χ0v) is 14.0. The van der Waals surface area contributed by atoms with E-state index in [9.17, 15) is 0 Å². The minimum absolute atomic E-state index is 0.267. The van der Waals surface area contributed by atoms with Crippen LogP contribution in [0.3, 0.4) is 0 Å². The van der Waals surface area contributed by atoms with Crippen LogP contribution in [0.15, 0.2) is 48.5 Å². The van der Waals surface area contributed by atoms with Gasteiger partial charge in [0.25, 0.3) is 0 Å². The van der Waals surface area contributed by atoms with Crippen LogP contribution in [0, 0.1) is 0 Å². The third kappa shape index (κ3) is 2.41. The number of anilines is 3. The Balaban J connectivity index is 1.86. The van der Waals surface area contributed by atoms with Gasteiger partial charge in [-0.1, -0.05) is 31.2 Å². The summed E-state index contributed by atoms with van der Waals surface area (Å²) < 4.78 is 0.